The molecule has 2 aromatic carbocycles. The van der Waals surface area contributed by atoms with E-state index in [-0.39, 0.29) is 5.91 Å². The third kappa shape index (κ3) is 2.75. The van der Waals surface area contributed by atoms with Crippen LogP contribution in [0.4, 0.5) is 5.69 Å². The molecule has 1 aromatic heterocycles. The molecule has 3 aromatic rings. The van der Waals surface area contributed by atoms with Crippen LogP contribution < -0.4 is 5.32 Å². The number of carbonyl (C=O) groups is 1. The Bertz CT molecular complexity index is 764. The van der Waals surface area contributed by atoms with Crippen molar-refractivity contribution in [3.63, 3.8) is 0 Å². The summed E-state index contributed by atoms with van der Waals surface area (Å²) < 4.78 is 0.947. The zero-order valence-corrected chi connectivity index (χ0v) is 12.3. The molecule has 3 rings (SSSR count). The molecule has 0 bridgehead atoms. The molecule has 0 aliphatic heterocycles. The number of aromatic amines is 1. The molecule has 0 saturated carbocycles. The minimum absolute atomic E-state index is 0.0205. The topological polar surface area (TPSA) is 44.9 Å². The first-order chi connectivity index (χ1) is 9.72. The molecule has 0 unspecified atom stereocenters. The number of para-hydroxylation sites is 1. The molecule has 0 radical (unpaired) electrons. The van der Waals surface area contributed by atoms with Crippen LogP contribution in [0.25, 0.3) is 10.9 Å². The zero-order valence-electron chi connectivity index (χ0n) is 10.7. The first-order valence-corrected chi connectivity index (χ1v) is 7.12. The molecule has 0 saturated heterocycles. The molecular formula is C16H13BrN2O. The van der Waals surface area contributed by atoms with Crippen molar-refractivity contribution in [2.24, 2.45) is 0 Å². The Kier molecular flexibility index (Phi) is 3.56. The number of amides is 1. The highest BCUT2D eigenvalue weighted by Crippen LogP contribution is 2.19. The molecule has 0 aliphatic rings. The van der Waals surface area contributed by atoms with Crippen LogP contribution in [0.1, 0.15) is 5.56 Å². The van der Waals surface area contributed by atoms with E-state index in [1.54, 1.807) is 0 Å². The summed E-state index contributed by atoms with van der Waals surface area (Å²) in [6.07, 6.45) is 2.25. The summed E-state index contributed by atoms with van der Waals surface area (Å²) in [7, 11) is 0. The van der Waals surface area contributed by atoms with Crippen LogP contribution >= 0.6 is 15.9 Å². The minimum Gasteiger partial charge on any atom is -0.361 e. The number of hydrogen-bond acceptors (Lipinski definition) is 1. The third-order valence-electron chi connectivity index (χ3n) is 3.13. The van der Waals surface area contributed by atoms with Crippen LogP contribution in [0, 0.1) is 0 Å². The van der Waals surface area contributed by atoms with Crippen molar-refractivity contribution in [1.29, 1.82) is 0 Å². The first kappa shape index (κ1) is 12.9. The van der Waals surface area contributed by atoms with E-state index in [4.69, 9.17) is 0 Å². The van der Waals surface area contributed by atoms with E-state index in [0.29, 0.717) is 6.42 Å². The number of benzene rings is 2. The molecule has 0 spiro atoms. The van der Waals surface area contributed by atoms with E-state index in [0.717, 1.165) is 26.6 Å². The zero-order chi connectivity index (χ0) is 13.9. The number of carbonyl (C=O) groups excluding carboxylic acids is 1. The average Bonchev–Trinajstić information content (AvgIpc) is 2.82. The fourth-order valence-electron chi connectivity index (χ4n) is 2.22. The van der Waals surface area contributed by atoms with Crippen molar-refractivity contribution in [3.05, 3.63) is 64.8 Å². The summed E-state index contributed by atoms with van der Waals surface area (Å²) in [4.78, 5) is 15.3. The largest absolute Gasteiger partial charge is 0.361 e. The number of aromatic nitrogens is 1. The maximum absolute atomic E-state index is 12.1. The van der Waals surface area contributed by atoms with E-state index in [2.05, 4.69) is 26.2 Å². The molecular weight excluding hydrogens is 316 g/mol. The first-order valence-electron chi connectivity index (χ1n) is 6.33. The van der Waals surface area contributed by atoms with Gasteiger partial charge in [-0.2, -0.15) is 0 Å². The average molecular weight is 329 g/mol. The van der Waals surface area contributed by atoms with Crippen LogP contribution in [-0.4, -0.2) is 10.9 Å². The summed E-state index contributed by atoms with van der Waals surface area (Å²) in [6.45, 7) is 0. The lowest BCUT2D eigenvalue weighted by molar-refractivity contribution is -0.115. The monoisotopic (exact) mass is 328 g/mol. The van der Waals surface area contributed by atoms with Crippen molar-refractivity contribution in [3.8, 4) is 0 Å². The number of rotatable bonds is 3. The Balaban J connectivity index is 1.76. The summed E-state index contributed by atoms with van der Waals surface area (Å²) >= 11 is 3.39. The van der Waals surface area contributed by atoms with Gasteiger partial charge >= 0.3 is 0 Å². The van der Waals surface area contributed by atoms with Gasteiger partial charge in [0.05, 0.1) is 6.42 Å². The van der Waals surface area contributed by atoms with Gasteiger partial charge in [-0.05, 0) is 29.8 Å². The molecule has 100 valence electrons. The van der Waals surface area contributed by atoms with Gasteiger partial charge in [0.25, 0.3) is 0 Å². The summed E-state index contributed by atoms with van der Waals surface area (Å²) in [5, 5.41) is 4.00. The van der Waals surface area contributed by atoms with Gasteiger partial charge in [0, 0.05) is 27.3 Å². The predicted molar refractivity (Wildman–Crippen MR) is 84.8 cm³/mol. The Morgan fingerprint density at radius 3 is 2.85 bits per heavy atom. The number of fused-ring (bicyclic) bond motifs is 1. The molecule has 4 heteroatoms. The van der Waals surface area contributed by atoms with Crippen molar-refractivity contribution in [1.82, 2.24) is 4.98 Å². The van der Waals surface area contributed by atoms with Gasteiger partial charge in [-0.1, -0.05) is 40.2 Å². The van der Waals surface area contributed by atoms with E-state index < -0.39 is 0 Å². The minimum atomic E-state index is -0.0205. The second-order valence-electron chi connectivity index (χ2n) is 4.59. The Labute approximate surface area is 125 Å². The standard InChI is InChI=1S/C16H13BrN2O/c17-12-4-3-5-13(9-12)19-16(20)8-11-10-18-15-7-2-1-6-14(11)15/h1-7,9-10,18H,8H2,(H,19,20). The third-order valence-corrected chi connectivity index (χ3v) is 3.63. The molecule has 1 amide bonds. The van der Waals surface area contributed by atoms with Crippen LogP contribution in [0.3, 0.4) is 0 Å². The maximum Gasteiger partial charge on any atom is 0.228 e. The number of H-pyrrole nitrogens is 1. The fraction of sp³-hybridized carbons (Fsp3) is 0.0625. The summed E-state index contributed by atoms with van der Waals surface area (Å²) in [5.74, 6) is -0.0205. The maximum atomic E-state index is 12.1. The number of nitrogens with one attached hydrogen (secondary N) is 2. The van der Waals surface area contributed by atoms with Gasteiger partial charge in [-0.3, -0.25) is 4.79 Å². The second kappa shape index (κ2) is 5.51. The van der Waals surface area contributed by atoms with Crippen LogP contribution in [-0.2, 0) is 11.2 Å². The SMILES string of the molecule is O=C(Cc1c[nH]c2ccccc12)Nc1cccc(Br)c1. The van der Waals surface area contributed by atoms with Gasteiger partial charge in [0.2, 0.25) is 5.91 Å². The van der Waals surface area contributed by atoms with Crippen molar-refractivity contribution >= 4 is 38.4 Å². The van der Waals surface area contributed by atoms with Gasteiger partial charge in [-0.15, -0.1) is 0 Å². The summed E-state index contributed by atoms with van der Waals surface area (Å²) in [5.41, 5.74) is 2.86. The molecule has 2 N–H and O–H groups in total. The smallest absolute Gasteiger partial charge is 0.228 e. The van der Waals surface area contributed by atoms with E-state index in [1.165, 1.54) is 0 Å². The van der Waals surface area contributed by atoms with Gasteiger partial charge in [-0.25, -0.2) is 0 Å². The van der Waals surface area contributed by atoms with Crippen LogP contribution in [0.5, 0.6) is 0 Å². The number of halogens is 1. The predicted octanol–water partition coefficient (Wildman–Crippen LogP) is 4.11. The molecule has 0 fully saturated rings. The van der Waals surface area contributed by atoms with Crippen molar-refractivity contribution in [2.75, 3.05) is 5.32 Å². The molecule has 1 heterocycles. The van der Waals surface area contributed by atoms with Gasteiger partial charge < -0.3 is 10.3 Å². The van der Waals surface area contributed by atoms with Gasteiger partial charge in [0.1, 0.15) is 0 Å². The van der Waals surface area contributed by atoms with E-state index in [1.807, 2.05) is 54.7 Å². The van der Waals surface area contributed by atoms with Crippen LogP contribution in [0.2, 0.25) is 0 Å². The fourth-order valence-corrected chi connectivity index (χ4v) is 2.62. The lowest BCUT2D eigenvalue weighted by atomic mass is 10.1. The molecule has 0 atom stereocenters. The lowest BCUT2D eigenvalue weighted by Gasteiger charge is -2.05. The van der Waals surface area contributed by atoms with E-state index >= 15 is 0 Å². The van der Waals surface area contributed by atoms with Gasteiger partial charge in [0.15, 0.2) is 0 Å². The Morgan fingerprint density at radius 2 is 2.00 bits per heavy atom. The highest BCUT2D eigenvalue weighted by Gasteiger charge is 2.08. The highest BCUT2D eigenvalue weighted by molar-refractivity contribution is 9.10. The molecule has 3 nitrogen and oxygen atoms in total. The molecule has 0 aliphatic carbocycles. The normalized spacial score (nSPS) is 10.7. The number of anilines is 1. The number of hydrogen-bond donors (Lipinski definition) is 2. The van der Waals surface area contributed by atoms with Crippen molar-refractivity contribution in [2.45, 2.75) is 6.42 Å². The van der Waals surface area contributed by atoms with Crippen LogP contribution in [0.15, 0.2) is 59.2 Å². The van der Waals surface area contributed by atoms with Crippen molar-refractivity contribution < 1.29 is 4.79 Å². The highest BCUT2D eigenvalue weighted by atomic mass is 79.9. The lowest BCUT2D eigenvalue weighted by Crippen LogP contribution is -2.14. The van der Waals surface area contributed by atoms with E-state index in [9.17, 15) is 4.79 Å². The Morgan fingerprint density at radius 1 is 1.15 bits per heavy atom. The Hall–Kier alpha value is -2.07. The quantitative estimate of drug-likeness (QED) is 0.746. The summed E-state index contributed by atoms with van der Waals surface area (Å²) in [6, 6.07) is 15.6. The second-order valence-corrected chi connectivity index (χ2v) is 5.51. The molecule has 20 heavy (non-hydrogen) atoms.